The zero-order valence-electron chi connectivity index (χ0n) is 14.2. The van der Waals surface area contributed by atoms with E-state index in [9.17, 15) is 5.11 Å². The van der Waals surface area contributed by atoms with Gasteiger partial charge in [-0.25, -0.2) is 0 Å². The van der Waals surface area contributed by atoms with Gasteiger partial charge < -0.3 is 9.76 Å². The van der Waals surface area contributed by atoms with Crippen LogP contribution in [0.5, 0.6) is 0 Å². The summed E-state index contributed by atoms with van der Waals surface area (Å²) in [5, 5.41) is 9.94. The number of hydrogen-bond acceptors (Lipinski definition) is 2. The van der Waals surface area contributed by atoms with Gasteiger partial charge in [-0.1, -0.05) is 84.5 Å². The van der Waals surface area contributed by atoms with Crippen molar-refractivity contribution in [1.29, 1.82) is 0 Å². The molecule has 120 valence electrons. The second kappa shape index (κ2) is 15.4. The maximum absolute atomic E-state index is 9.94. The van der Waals surface area contributed by atoms with E-state index < -0.39 is 0 Å². The minimum atomic E-state index is -0.271. The van der Waals surface area contributed by atoms with Crippen molar-refractivity contribution in [2.75, 3.05) is 6.61 Å². The first-order chi connectivity index (χ1) is 9.74. The van der Waals surface area contributed by atoms with Crippen LogP contribution >= 0.6 is 0 Å². The van der Waals surface area contributed by atoms with Crippen molar-refractivity contribution in [3.8, 4) is 0 Å². The molecule has 0 heterocycles. The van der Waals surface area contributed by atoms with Crippen LogP contribution in [0.15, 0.2) is 0 Å². The smallest absolute Gasteiger partial charge is 0.257 e. The quantitative estimate of drug-likeness (QED) is 0.360. The zero-order chi connectivity index (χ0) is 15.1. The Labute approximate surface area is 128 Å². The van der Waals surface area contributed by atoms with E-state index in [1.807, 2.05) is 0 Å². The molecule has 0 spiro atoms. The molecule has 0 aromatic heterocycles. The monoisotopic (exact) mass is 284 g/mol. The average Bonchev–Trinajstić information content (AvgIpc) is 2.43. The van der Waals surface area contributed by atoms with E-state index in [-0.39, 0.29) is 6.10 Å². The van der Waals surface area contributed by atoms with Gasteiger partial charge in [0.2, 0.25) is 0 Å². The summed E-state index contributed by atoms with van der Waals surface area (Å²) >= 11 is 0. The standard InChI is InChI=1S/C17H37BO2/c1-3-5-7-9-11-13-16(12-10-8-6-4-2)14-17(19)15-20-18/h16-17,19H,3-15,18H2,1-2H3. The number of rotatable bonds is 15. The highest BCUT2D eigenvalue weighted by atomic mass is 16.4. The summed E-state index contributed by atoms with van der Waals surface area (Å²) < 4.78 is 5.06. The molecular formula is C17H37BO2. The summed E-state index contributed by atoms with van der Waals surface area (Å²) in [5.74, 6) is 0.693. The summed E-state index contributed by atoms with van der Waals surface area (Å²) in [5.41, 5.74) is 0. The highest BCUT2D eigenvalue weighted by molar-refractivity contribution is 5.97. The van der Waals surface area contributed by atoms with E-state index in [1.54, 1.807) is 8.05 Å². The lowest BCUT2D eigenvalue weighted by atomic mass is 9.89. The predicted molar refractivity (Wildman–Crippen MR) is 90.7 cm³/mol. The first-order valence-corrected chi connectivity index (χ1v) is 8.91. The van der Waals surface area contributed by atoms with Gasteiger partial charge in [0.15, 0.2) is 0 Å². The molecule has 2 unspecified atom stereocenters. The molecule has 2 atom stereocenters. The predicted octanol–water partition coefficient (Wildman–Crippen LogP) is 4.25. The topological polar surface area (TPSA) is 29.5 Å². The minimum Gasteiger partial charge on any atom is -0.441 e. The third-order valence-electron chi connectivity index (χ3n) is 4.15. The molecule has 1 N–H and O–H groups in total. The van der Waals surface area contributed by atoms with Crippen LogP contribution in [0.1, 0.15) is 90.9 Å². The van der Waals surface area contributed by atoms with Gasteiger partial charge in [0.1, 0.15) is 0 Å². The molecule has 0 amide bonds. The molecule has 0 aromatic carbocycles. The van der Waals surface area contributed by atoms with E-state index in [0.29, 0.717) is 12.5 Å². The van der Waals surface area contributed by atoms with Crippen molar-refractivity contribution in [2.45, 2.75) is 97.0 Å². The summed E-state index contributed by atoms with van der Waals surface area (Å²) in [7, 11) is 1.67. The molecule has 0 radical (unpaired) electrons. The first-order valence-electron chi connectivity index (χ1n) is 8.91. The second-order valence-electron chi connectivity index (χ2n) is 6.26. The number of unbranched alkanes of at least 4 members (excludes halogenated alkanes) is 7. The molecule has 0 aliphatic carbocycles. The maximum atomic E-state index is 9.94. The van der Waals surface area contributed by atoms with Crippen molar-refractivity contribution in [1.82, 2.24) is 0 Å². The van der Waals surface area contributed by atoms with Gasteiger partial charge in [0, 0.05) is 0 Å². The Hall–Kier alpha value is -0.0151. The van der Waals surface area contributed by atoms with Crippen LogP contribution in [-0.4, -0.2) is 25.9 Å². The lowest BCUT2D eigenvalue weighted by Gasteiger charge is -2.20. The van der Waals surface area contributed by atoms with Gasteiger partial charge >= 0.3 is 0 Å². The Morgan fingerprint density at radius 2 is 1.35 bits per heavy atom. The maximum Gasteiger partial charge on any atom is 0.257 e. The molecule has 0 saturated carbocycles. The molecule has 3 heteroatoms. The van der Waals surface area contributed by atoms with E-state index in [4.69, 9.17) is 4.65 Å². The van der Waals surface area contributed by atoms with E-state index in [2.05, 4.69) is 13.8 Å². The summed E-state index contributed by atoms with van der Waals surface area (Å²) in [4.78, 5) is 0. The van der Waals surface area contributed by atoms with E-state index in [1.165, 1.54) is 70.6 Å². The molecule has 0 fully saturated rings. The highest BCUT2D eigenvalue weighted by Crippen LogP contribution is 2.23. The van der Waals surface area contributed by atoms with Gasteiger partial charge in [-0.3, -0.25) is 0 Å². The molecule has 0 aliphatic rings. The highest BCUT2D eigenvalue weighted by Gasteiger charge is 2.14. The summed E-state index contributed by atoms with van der Waals surface area (Å²) in [6.45, 7) is 5.01. The van der Waals surface area contributed by atoms with Gasteiger partial charge in [0.25, 0.3) is 8.05 Å². The second-order valence-corrected chi connectivity index (χ2v) is 6.26. The molecule has 0 saturated heterocycles. The van der Waals surface area contributed by atoms with E-state index >= 15 is 0 Å². The fraction of sp³-hybridized carbons (Fsp3) is 1.00. The molecule has 0 aliphatic heterocycles. The van der Waals surface area contributed by atoms with E-state index in [0.717, 1.165) is 6.42 Å². The van der Waals surface area contributed by atoms with Crippen molar-refractivity contribution in [2.24, 2.45) is 5.92 Å². The third-order valence-corrected chi connectivity index (χ3v) is 4.15. The molecule has 0 bridgehead atoms. The third kappa shape index (κ3) is 13.0. The Kier molecular flexibility index (Phi) is 15.4. The Morgan fingerprint density at radius 3 is 1.85 bits per heavy atom. The largest absolute Gasteiger partial charge is 0.441 e. The Morgan fingerprint density at radius 1 is 0.850 bits per heavy atom. The molecule has 0 aromatic rings. The van der Waals surface area contributed by atoms with Crippen LogP contribution in [0.3, 0.4) is 0 Å². The lowest BCUT2D eigenvalue weighted by Crippen LogP contribution is -2.19. The minimum absolute atomic E-state index is 0.271. The zero-order valence-corrected chi connectivity index (χ0v) is 14.2. The fourth-order valence-corrected chi connectivity index (χ4v) is 2.92. The first kappa shape index (κ1) is 20.0. The number of hydrogen-bond donors (Lipinski definition) is 1. The van der Waals surface area contributed by atoms with Gasteiger partial charge in [-0.05, 0) is 12.3 Å². The normalized spacial score (nSPS) is 14.3. The number of aliphatic hydroxyl groups is 1. The van der Waals surface area contributed by atoms with Crippen LogP contribution < -0.4 is 0 Å². The fourth-order valence-electron chi connectivity index (χ4n) is 2.92. The lowest BCUT2D eigenvalue weighted by molar-refractivity contribution is 0.0849. The SMILES string of the molecule is BOCC(O)CC(CCCCCC)CCCCCCC. The average molecular weight is 284 g/mol. The van der Waals surface area contributed by atoms with Crippen LogP contribution in [0.2, 0.25) is 0 Å². The number of aliphatic hydroxyl groups excluding tert-OH is 1. The summed E-state index contributed by atoms with van der Waals surface area (Å²) in [6, 6.07) is 0. The van der Waals surface area contributed by atoms with Crippen molar-refractivity contribution in [3.63, 3.8) is 0 Å². The van der Waals surface area contributed by atoms with Crippen LogP contribution in [0, 0.1) is 5.92 Å². The van der Waals surface area contributed by atoms with Crippen molar-refractivity contribution < 1.29 is 9.76 Å². The summed E-state index contributed by atoms with van der Waals surface area (Å²) in [6.07, 6.45) is 15.3. The molecule has 0 rings (SSSR count). The van der Waals surface area contributed by atoms with Crippen molar-refractivity contribution >= 4 is 8.05 Å². The van der Waals surface area contributed by atoms with Crippen molar-refractivity contribution in [3.05, 3.63) is 0 Å². The van der Waals surface area contributed by atoms with Gasteiger partial charge in [-0.15, -0.1) is 0 Å². The van der Waals surface area contributed by atoms with Crippen LogP contribution in [0.4, 0.5) is 0 Å². The van der Waals surface area contributed by atoms with Crippen LogP contribution in [-0.2, 0) is 4.65 Å². The van der Waals surface area contributed by atoms with Crippen LogP contribution in [0.25, 0.3) is 0 Å². The Balaban J connectivity index is 3.84. The molecular weight excluding hydrogens is 247 g/mol. The van der Waals surface area contributed by atoms with Gasteiger partial charge in [0.05, 0.1) is 12.7 Å². The Bertz CT molecular complexity index is 188. The molecule has 20 heavy (non-hydrogen) atoms. The molecule has 2 nitrogen and oxygen atoms in total. The van der Waals surface area contributed by atoms with Gasteiger partial charge in [-0.2, -0.15) is 0 Å².